The van der Waals surface area contributed by atoms with E-state index in [0.29, 0.717) is 13.2 Å². The van der Waals surface area contributed by atoms with Crippen molar-refractivity contribution in [2.24, 2.45) is 0 Å². The van der Waals surface area contributed by atoms with Crippen LogP contribution >= 0.6 is 0 Å². The van der Waals surface area contributed by atoms with Gasteiger partial charge in [0.15, 0.2) is 6.29 Å². The molecule has 0 N–H and O–H groups in total. The topological polar surface area (TPSA) is 66.5 Å². The van der Waals surface area contributed by atoms with Crippen LogP contribution in [0.5, 0.6) is 0 Å². The maximum atomic E-state index is 13.8. The molecule has 5 aromatic rings. The quantitative estimate of drug-likeness (QED) is 0.172. The number of carbonyl (C=O) groups is 1. The molecule has 0 spiro atoms. The van der Waals surface area contributed by atoms with Gasteiger partial charge in [0.1, 0.15) is 24.9 Å². The van der Waals surface area contributed by atoms with Crippen molar-refractivity contribution in [3.8, 4) is 0 Å². The fourth-order valence-corrected chi connectivity index (χ4v) is 6.29. The number of hydrogen-bond acceptors (Lipinski definition) is 6. The third-order valence-corrected chi connectivity index (χ3v) is 8.65. The van der Waals surface area contributed by atoms with Gasteiger partial charge in [-0.15, -0.1) is 0 Å². The first-order valence-electron chi connectivity index (χ1n) is 15.8. The van der Waals surface area contributed by atoms with E-state index in [0.717, 1.165) is 33.0 Å². The van der Waals surface area contributed by atoms with Gasteiger partial charge in [0.25, 0.3) is 0 Å². The van der Waals surface area contributed by atoms with Crippen molar-refractivity contribution in [3.05, 3.63) is 156 Å². The van der Waals surface area contributed by atoms with Crippen LogP contribution in [0.25, 0.3) is 10.8 Å². The molecule has 7 nitrogen and oxygen atoms in total. The Kier molecular flexibility index (Phi) is 9.35. The molecule has 0 radical (unpaired) electrons. The van der Waals surface area contributed by atoms with E-state index in [-0.39, 0.29) is 19.8 Å². The molecule has 5 aromatic carbocycles. The van der Waals surface area contributed by atoms with E-state index in [9.17, 15) is 4.79 Å². The molecule has 2 saturated heterocycles. The van der Waals surface area contributed by atoms with Crippen LogP contribution in [0.15, 0.2) is 133 Å². The Labute approximate surface area is 269 Å². The molecule has 2 aliphatic rings. The molecule has 1 amide bonds. The highest BCUT2D eigenvalue weighted by Gasteiger charge is 2.51. The monoisotopic (exact) mass is 615 g/mol. The van der Waals surface area contributed by atoms with Crippen LogP contribution in [-0.4, -0.2) is 48.5 Å². The van der Waals surface area contributed by atoms with Crippen LogP contribution in [0.1, 0.15) is 28.5 Å². The Morgan fingerprint density at radius 2 is 1.26 bits per heavy atom. The van der Waals surface area contributed by atoms with Crippen molar-refractivity contribution in [2.75, 3.05) is 13.2 Å². The van der Waals surface area contributed by atoms with Gasteiger partial charge >= 0.3 is 6.09 Å². The summed E-state index contributed by atoms with van der Waals surface area (Å²) in [6, 6.07) is 43.6. The minimum absolute atomic E-state index is 0.164. The molecule has 46 heavy (non-hydrogen) atoms. The Bertz CT molecular complexity index is 1710. The number of hydrogen-bond donors (Lipinski definition) is 0. The summed E-state index contributed by atoms with van der Waals surface area (Å²) in [4.78, 5) is 15.5. The van der Waals surface area contributed by atoms with Gasteiger partial charge in [-0.3, -0.25) is 4.90 Å². The molecule has 7 rings (SSSR count). The standard InChI is InChI=1S/C39H37NO6/c41-39(45-26-30-17-8-3-9-18-30)40-23-35(42-24-28-13-4-1-5-14-28)37(43-25-29-15-6-2-7-16-29)36-34(40)27-44-38(46-36)33-22-12-20-31-19-10-11-21-32(31)33/h1-22,34-38H,23-27H2/t34-,35-,36+,37+,38?/m0/s1. The van der Waals surface area contributed by atoms with Crippen LogP contribution < -0.4 is 0 Å². The maximum Gasteiger partial charge on any atom is 0.410 e. The van der Waals surface area contributed by atoms with E-state index in [4.69, 9.17) is 23.7 Å². The zero-order valence-corrected chi connectivity index (χ0v) is 25.5. The SMILES string of the molecule is O=C(OCc1ccccc1)N1C[C@H](OCc2ccccc2)[C@@H](OCc2ccccc2)[C@@H]2OC(c3cccc4ccccc34)OC[C@@H]21. The highest BCUT2D eigenvalue weighted by atomic mass is 16.7. The normalized spacial score (nSPS) is 22.7. The lowest BCUT2D eigenvalue weighted by atomic mass is 9.92. The van der Waals surface area contributed by atoms with Crippen LogP contribution in [0.3, 0.4) is 0 Å². The third kappa shape index (κ3) is 6.83. The molecule has 0 aliphatic carbocycles. The molecular weight excluding hydrogens is 578 g/mol. The van der Waals surface area contributed by atoms with Gasteiger partial charge in [-0.1, -0.05) is 133 Å². The molecule has 234 valence electrons. The number of carbonyl (C=O) groups excluding carboxylic acids is 1. The molecule has 2 aliphatic heterocycles. The van der Waals surface area contributed by atoms with Gasteiger partial charge in [0, 0.05) is 5.56 Å². The Balaban J connectivity index is 1.20. The van der Waals surface area contributed by atoms with Crippen LogP contribution in [-0.2, 0) is 43.5 Å². The molecule has 2 heterocycles. The van der Waals surface area contributed by atoms with Gasteiger partial charge < -0.3 is 23.7 Å². The summed E-state index contributed by atoms with van der Waals surface area (Å²) >= 11 is 0. The molecular formula is C39H37NO6. The van der Waals surface area contributed by atoms with Gasteiger partial charge in [-0.05, 0) is 27.5 Å². The first-order valence-corrected chi connectivity index (χ1v) is 15.8. The van der Waals surface area contributed by atoms with E-state index in [1.807, 2.05) is 115 Å². The zero-order chi connectivity index (χ0) is 31.1. The lowest BCUT2D eigenvalue weighted by Gasteiger charge is -2.51. The van der Waals surface area contributed by atoms with Crippen LogP contribution in [0, 0.1) is 0 Å². The van der Waals surface area contributed by atoms with E-state index >= 15 is 0 Å². The van der Waals surface area contributed by atoms with Gasteiger partial charge in [0.2, 0.25) is 0 Å². The first kappa shape index (κ1) is 30.1. The summed E-state index contributed by atoms with van der Waals surface area (Å²) in [5.41, 5.74) is 3.93. The summed E-state index contributed by atoms with van der Waals surface area (Å²) < 4.78 is 32.3. The number of nitrogens with zero attached hydrogens (tertiary/aromatic N) is 1. The molecule has 5 atom stereocenters. The van der Waals surface area contributed by atoms with E-state index in [1.165, 1.54) is 0 Å². The maximum absolute atomic E-state index is 13.8. The van der Waals surface area contributed by atoms with Crippen molar-refractivity contribution >= 4 is 16.9 Å². The first-order chi connectivity index (χ1) is 22.7. The third-order valence-electron chi connectivity index (χ3n) is 8.65. The molecule has 0 saturated carbocycles. The summed E-state index contributed by atoms with van der Waals surface area (Å²) in [5.74, 6) is 0. The fraction of sp³-hybridized carbons (Fsp3) is 0.256. The molecule has 0 bridgehead atoms. The van der Waals surface area contributed by atoms with E-state index < -0.39 is 36.7 Å². The lowest BCUT2D eigenvalue weighted by molar-refractivity contribution is -0.295. The lowest BCUT2D eigenvalue weighted by Crippen LogP contribution is -2.67. The summed E-state index contributed by atoms with van der Waals surface area (Å²) in [6.45, 7) is 1.44. The smallest absolute Gasteiger partial charge is 0.410 e. The predicted molar refractivity (Wildman–Crippen MR) is 175 cm³/mol. The summed E-state index contributed by atoms with van der Waals surface area (Å²) in [5, 5.41) is 2.16. The minimum Gasteiger partial charge on any atom is -0.445 e. The number of ether oxygens (including phenoxy) is 5. The highest BCUT2D eigenvalue weighted by molar-refractivity contribution is 5.85. The van der Waals surface area contributed by atoms with Crippen LogP contribution in [0.4, 0.5) is 4.79 Å². The Morgan fingerprint density at radius 3 is 1.96 bits per heavy atom. The Hall–Kier alpha value is -4.53. The number of benzene rings is 5. The van der Waals surface area contributed by atoms with Crippen molar-refractivity contribution < 1.29 is 28.5 Å². The van der Waals surface area contributed by atoms with Crippen molar-refractivity contribution in [3.63, 3.8) is 0 Å². The van der Waals surface area contributed by atoms with E-state index in [1.54, 1.807) is 4.90 Å². The summed E-state index contributed by atoms with van der Waals surface area (Å²) in [6.07, 6.45) is -2.59. The average molecular weight is 616 g/mol. The molecule has 1 unspecified atom stereocenters. The van der Waals surface area contributed by atoms with Crippen molar-refractivity contribution in [1.82, 2.24) is 4.90 Å². The zero-order valence-electron chi connectivity index (χ0n) is 25.5. The predicted octanol–water partition coefficient (Wildman–Crippen LogP) is 7.45. The number of likely N-dealkylation sites (tertiary alicyclic amines) is 1. The molecule has 0 aromatic heterocycles. The van der Waals surface area contributed by atoms with E-state index in [2.05, 4.69) is 18.2 Å². The van der Waals surface area contributed by atoms with Crippen molar-refractivity contribution in [1.29, 1.82) is 0 Å². The minimum atomic E-state index is -0.648. The second kappa shape index (κ2) is 14.3. The number of fused-ring (bicyclic) bond motifs is 2. The Morgan fingerprint density at radius 1 is 0.674 bits per heavy atom. The fourth-order valence-electron chi connectivity index (χ4n) is 6.29. The number of rotatable bonds is 9. The summed E-state index contributed by atoms with van der Waals surface area (Å²) in [7, 11) is 0. The van der Waals surface area contributed by atoms with Gasteiger partial charge in [0.05, 0.1) is 32.4 Å². The number of amides is 1. The largest absolute Gasteiger partial charge is 0.445 e. The average Bonchev–Trinajstić information content (AvgIpc) is 3.13. The highest BCUT2D eigenvalue weighted by Crippen LogP contribution is 2.38. The second-order valence-electron chi connectivity index (χ2n) is 11.7. The molecule has 2 fully saturated rings. The number of piperidine rings is 1. The van der Waals surface area contributed by atoms with Gasteiger partial charge in [-0.2, -0.15) is 0 Å². The van der Waals surface area contributed by atoms with Crippen LogP contribution in [0.2, 0.25) is 0 Å². The van der Waals surface area contributed by atoms with Crippen molar-refractivity contribution in [2.45, 2.75) is 50.5 Å². The molecule has 7 heteroatoms. The second-order valence-corrected chi connectivity index (χ2v) is 11.7. The van der Waals surface area contributed by atoms with Gasteiger partial charge in [-0.25, -0.2) is 4.79 Å².